The first kappa shape index (κ1) is 14.5. The molecule has 5 heteroatoms. The summed E-state index contributed by atoms with van der Waals surface area (Å²) in [5, 5.41) is 17.3. The van der Waals surface area contributed by atoms with Crippen LogP contribution in [0.25, 0.3) is 11.4 Å². The average Bonchev–Trinajstić information content (AvgIpc) is 2.85. The number of aliphatic hydroxyl groups excluding tert-OH is 1. The highest BCUT2D eigenvalue weighted by molar-refractivity contribution is 5.57. The number of aliphatic hydroxyl groups is 1. The van der Waals surface area contributed by atoms with Gasteiger partial charge in [0.2, 0.25) is 0 Å². The van der Waals surface area contributed by atoms with Crippen LogP contribution in [0.2, 0.25) is 0 Å². The molecule has 2 rings (SSSR count). The lowest BCUT2D eigenvalue weighted by molar-refractivity contribution is 0.283. The zero-order chi connectivity index (χ0) is 14.4. The van der Waals surface area contributed by atoms with Gasteiger partial charge in [-0.15, -0.1) is 10.2 Å². The van der Waals surface area contributed by atoms with Gasteiger partial charge in [-0.3, -0.25) is 0 Å². The van der Waals surface area contributed by atoms with Gasteiger partial charge >= 0.3 is 0 Å². The van der Waals surface area contributed by atoms with Crippen LogP contribution in [0.5, 0.6) is 5.75 Å². The Kier molecular flexibility index (Phi) is 5.12. The minimum Gasteiger partial charge on any atom is -0.497 e. The van der Waals surface area contributed by atoms with Crippen LogP contribution >= 0.6 is 0 Å². The Morgan fingerprint density at radius 3 is 2.80 bits per heavy atom. The minimum absolute atomic E-state index is 0.258. The number of nitrogens with zero attached hydrogens (tertiary/aromatic N) is 3. The van der Waals surface area contributed by atoms with Crippen molar-refractivity contribution in [3.05, 3.63) is 30.1 Å². The zero-order valence-electron chi connectivity index (χ0n) is 12.0. The van der Waals surface area contributed by atoms with Crippen molar-refractivity contribution in [2.24, 2.45) is 7.05 Å². The second kappa shape index (κ2) is 7.05. The van der Waals surface area contributed by atoms with Crippen LogP contribution in [0, 0.1) is 0 Å². The van der Waals surface area contributed by atoms with E-state index < -0.39 is 0 Å². The molecule has 0 bridgehead atoms. The third kappa shape index (κ3) is 3.36. The fourth-order valence-corrected chi connectivity index (χ4v) is 2.16. The summed E-state index contributed by atoms with van der Waals surface area (Å²) in [7, 11) is 3.64. The highest BCUT2D eigenvalue weighted by Crippen LogP contribution is 2.22. The Morgan fingerprint density at radius 1 is 1.20 bits per heavy atom. The Hall–Kier alpha value is -1.88. The van der Waals surface area contributed by atoms with Gasteiger partial charge < -0.3 is 14.4 Å². The van der Waals surface area contributed by atoms with Crippen molar-refractivity contribution in [2.45, 2.75) is 25.7 Å². The first-order valence-corrected chi connectivity index (χ1v) is 6.90. The predicted molar refractivity (Wildman–Crippen MR) is 77.6 cm³/mol. The Bertz CT molecular complexity index is 552. The monoisotopic (exact) mass is 275 g/mol. The topological polar surface area (TPSA) is 60.2 Å². The number of methoxy groups -OCH3 is 1. The number of aryl methyl sites for hydroxylation is 1. The summed E-state index contributed by atoms with van der Waals surface area (Å²) >= 11 is 0. The van der Waals surface area contributed by atoms with Crippen LogP contribution in [0.4, 0.5) is 0 Å². The zero-order valence-corrected chi connectivity index (χ0v) is 12.0. The lowest BCUT2D eigenvalue weighted by Gasteiger charge is -2.05. The number of hydrogen-bond donors (Lipinski definition) is 1. The standard InChI is InChI=1S/C15H21N3O2/c1-18-14(9-4-3-5-10-19)16-17-15(18)12-7-6-8-13(11-12)20-2/h6-8,11,19H,3-5,9-10H2,1-2H3. The first-order valence-electron chi connectivity index (χ1n) is 6.90. The maximum absolute atomic E-state index is 8.78. The molecule has 0 radical (unpaired) electrons. The lowest BCUT2D eigenvalue weighted by atomic mass is 10.2. The Labute approximate surface area is 119 Å². The van der Waals surface area contributed by atoms with Crippen LogP contribution in [-0.2, 0) is 13.5 Å². The van der Waals surface area contributed by atoms with Gasteiger partial charge in [-0.2, -0.15) is 0 Å². The van der Waals surface area contributed by atoms with Crippen molar-refractivity contribution in [2.75, 3.05) is 13.7 Å². The van der Waals surface area contributed by atoms with E-state index in [-0.39, 0.29) is 6.61 Å². The van der Waals surface area contributed by atoms with Crippen LogP contribution in [-0.4, -0.2) is 33.6 Å². The maximum Gasteiger partial charge on any atom is 0.163 e. The van der Waals surface area contributed by atoms with Crippen LogP contribution < -0.4 is 4.74 Å². The van der Waals surface area contributed by atoms with Crippen molar-refractivity contribution in [1.29, 1.82) is 0 Å². The van der Waals surface area contributed by atoms with E-state index in [1.807, 2.05) is 35.9 Å². The Morgan fingerprint density at radius 2 is 2.05 bits per heavy atom. The molecule has 0 fully saturated rings. The van der Waals surface area contributed by atoms with Crippen molar-refractivity contribution in [3.8, 4) is 17.1 Å². The predicted octanol–water partition coefficient (Wildman–Crippen LogP) is 2.20. The van der Waals surface area contributed by atoms with Gasteiger partial charge in [0, 0.05) is 25.6 Å². The molecule has 0 aliphatic rings. The molecule has 0 saturated heterocycles. The molecule has 1 heterocycles. The number of unbranched alkanes of at least 4 members (excludes halogenated alkanes) is 2. The summed E-state index contributed by atoms with van der Waals surface area (Å²) in [4.78, 5) is 0. The summed E-state index contributed by atoms with van der Waals surface area (Å²) in [6.07, 6.45) is 3.76. The number of ether oxygens (including phenoxy) is 1. The Balaban J connectivity index is 2.11. The highest BCUT2D eigenvalue weighted by atomic mass is 16.5. The van der Waals surface area contributed by atoms with E-state index in [4.69, 9.17) is 9.84 Å². The van der Waals surface area contributed by atoms with Gasteiger partial charge in [0.25, 0.3) is 0 Å². The molecule has 0 aliphatic heterocycles. The van der Waals surface area contributed by atoms with Gasteiger partial charge in [0.05, 0.1) is 7.11 Å². The van der Waals surface area contributed by atoms with Gasteiger partial charge in [0.15, 0.2) is 5.82 Å². The fraction of sp³-hybridized carbons (Fsp3) is 0.467. The maximum atomic E-state index is 8.78. The molecule has 20 heavy (non-hydrogen) atoms. The quantitative estimate of drug-likeness (QED) is 0.787. The van der Waals surface area contributed by atoms with E-state index in [0.717, 1.165) is 48.6 Å². The van der Waals surface area contributed by atoms with Gasteiger partial charge in [-0.25, -0.2) is 0 Å². The molecular formula is C15H21N3O2. The molecule has 1 N–H and O–H groups in total. The van der Waals surface area contributed by atoms with Gasteiger partial charge in [-0.05, 0) is 25.0 Å². The van der Waals surface area contributed by atoms with E-state index in [1.165, 1.54) is 0 Å². The van der Waals surface area contributed by atoms with E-state index in [9.17, 15) is 0 Å². The molecule has 0 saturated carbocycles. The minimum atomic E-state index is 0.258. The van der Waals surface area contributed by atoms with E-state index >= 15 is 0 Å². The third-order valence-electron chi connectivity index (χ3n) is 3.35. The molecule has 1 aromatic heterocycles. The van der Waals surface area contributed by atoms with Crippen LogP contribution in [0.1, 0.15) is 25.1 Å². The molecule has 0 spiro atoms. The summed E-state index contributed by atoms with van der Waals surface area (Å²) < 4.78 is 7.26. The second-order valence-corrected chi connectivity index (χ2v) is 4.77. The first-order chi connectivity index (χ1) is 9.76. The molecule has 5 nitrogen and oxygen atoms in total. The smallest absolute Gasteiger partial charge is 0.163 e. The van der Waals surface area contributed by atoms with Crippen molar-refractivity contribution < 1.29 is 9.84 Å². The fourth-order valence-electron chi connectivity index (χ4n) is 2.16. The molecular weight excluding hydrogens is 254 g/mol. The van der Waals surface area contributed by atoms with Crippen molar-refractivity contribution in [3.63, 3.8) is 0 Å². The molecule has 0 amide bonds. The van der Waals surface area contributed by atoms with E-state index in [0.29, 0.717) is 0 Å². The molecule has 108 valence electrons. The normalized spacial score (nSPS) is 10.8. The number of hydrogen-bond acceptors (Lipinski definition) is 4. The molecule has 2 aromatic rings. The van der Waals surface area contributed by atoms with Gasteiger partial charge in [0.1, 0.15) is 11.6 Å². The van der Waals surface area contributed by atoms with E-state index in [1.54, 1.807) is 7.11 Å². The molecule has 0 atom stereocenters. The molecule has 1 aromatic carbocycles. The van der Waals surface area contributed by atoms with Crippen LogP contribution in [0.3, 0.4) is 0 Å². The molecule has 0 unspecified atom stereocenters. The second-order valence-electron chi connectivity index (χ2n) is 4.77. The number of rotatable bonds is 7. The van der Waals surface area contributed by atoms with Gasteiger partial charge in [-0.1, -0.05) is 18.6 Å². The van der Waals surface area contributed by atoms with Crippen molar-refractivity contribution >= 4 is 0 Å². The largest absolute Gasteiger partial charge is 0.497 e. The number of aromatic nitrogens is 3. The highest BCUT2D eigenvalue weighted by Gasteiger charge is 2.10. The number of benzene rings is 1. The summed E-state index contributed by atoms with van der Waals surface area (Å²) in [5.74, 6) is 2.64. The summed E-state index contributed by atoms with van der Waals surface area (Å²) in [5.41, 5.74) is 1.00. The van der Waals surface area contributed by atoms with E-state index in [2.05, 4.69) is 10.2 Å². The SMILES string of the molecule is COc1cccc(-c2nnc(CCCCCO)n2C)c1. The van der Waals surface area contributed by atoms with Crippen molar-refractivity contribution in [1.82, 2.24) is 14.8 Å². The summed E-state index contributed by atoms with van der Waals surface area (Å²) in [6.45, 7) is 0.258. The molecule has 0 aliphatic carbocycles. The third-order valence-corrected chi connectivity index (χ3v) is 3.35. The summed E-state index contributed by atoms with van der Waals surface area (Å²) in [6, 6.07) is 7.82. The lowest BCUT2D eigenvalue weighted by Crippen LogP contribution is -2.00. The van der Waals surface area contributed by atoms with Crippen LogP contribution in [0.15, 0.2) is 24.3 Å². The average molecular weight is 275 g/mol.